The van der Waals surface area contributed by atoms with Gasteiger partial charge in [0.1, 0.15) is 28.4 Å². The zero-order valence-electron chi connectivity index (χ0n) is 28.2. The molecule has 9 heteroatoms. The monoisotopic (exact) mass is 644 g/mol. The molecule has 250 valence electrons. The van der Waals surface area contributed by atoms with E-state index in [0.717, 1.165) is 12.0 Å². The number of aliphatic carboxylic acids is 1. The van der Waals surface area contributed by atoms with Crippen LogP contribution >= 0.6 is 0 Å². The van der Waals surface area contributed by atoms with E-state index in [1.807, 2.05) is 66.7 Å². The number of allylic oxidation sites excluding steroid dienone is 5. The molecule has 1 aromatic carbocycles. The van der Waals surface area contributed by atoms with Gasteiger partial charge in [0.15, 0.2) is 22.8 Å². The number of carbonyl (C=O) groups is 3. The summed E-state index contributed by atoms with van der Waals surface area (Å²) in [6.07, 6.45) is 12.8. The van der Waals surface area contributed by atoms with E-state index >= 15 is 0 Å². The second kappa shape index (κ2) is 11.1. The Morgan fingerprint density at radius 3 is 2.36 bits per heavy atom. The Balaban J connectivity index is 1.59. The van der Waals surface area contributed by atoms with Gasteiger partial charge in [0.05, 0.1) is 23.3 Å². The van der Waals surface area contributed by atoms with E-state index in [9.17, 15) is 29.7 Å². The summed E-state index contributed by atoms with van der Waals surface area (Å²) in [5.41, 5.74) is -1.79. The molecular formula is C38H44O9. The predicted octanol–water partition coefficient (Wildman–Crippen LogP) is 6.21. The van der Waals surface area contributed by atoms with Crippen molar-refractivity contribution < 1.29 is 43.9 Å². The van der Waals surface area contributed by atoms with Crippen LogP contribution in [-0.4, -0.2) is 61.9 Å². The van der Waals surface area contributed by atoms with Crippen LogP contribution in [-0.2, 0) is 20.7 Å². The van der Waals surface area contributed by atoms with Crippen LogP contribution in [0.4, 0.5) is 0 Å². The van der Waals surface area contributed by atoms with Crippen molar-refractivity contribution in [2.45, 2.75) is 103 Å². The lowest BCUT2D eigenvalue weighted by Crippen LogP contribution is -2.72. The van der Waals surface area contributed by atoms with Gasteiger partial charge >= 0.3 is 5.97 Å². The molecule has 1 saturated carbocycles. The number of aromatic hydroxyl groups is 1. The number of phenols is 1. The minimum atomic E-state index is -1.74. The van der Waals surface area contributed by atoms with Crippen LogP contribution in [0.15, 0.2) is 52.7 Å². The van der Waals surface area contributed by atoms with Crippen LogP contribution in [0.1, 0.15) is 95.6 Å². The number of hydrogen-bond acceptors (Lipinski definition) is 8. The molecule has 3 aliphatic heterocycles. The minimum Gasteiger partial charge on any atom is -0.506 e. The van der Waals surface area contributed by atoms with E-state index < -0.39 is 52.6 Å². The first kappa shape index (κ1) is 33.0. The molecule has 0 unspecified atom stereocenters. The lowest BCUT2D eigenvalue weighted by molar-refractivity contribution is -0.171. The van der Waals surface area contributed by atoms with Gasteiger partial charge in [-0.1, -0.05) is 35.5 Å². The van der Waals surface area contributed by atoms with Crippen molar-refractivity contribution in [3.05, 3.63) is 69.4 Å². The van der Waals surface area contributed by atoms with Crippen LogP contribution in [0, 0.1) is 11.8 Å². The third-order valence-corrected chi connectivity index (χ3v) is 10.5. The molecule has 9 nitrogen and oxygen atoms in total. The lowest BCUT2D eigenvalue weighted by Gasteiger charge is -2.56. The number of ether oxygens (including phenoxy) is 3. The van der Waals surface area contributed by atoms with Gasteiger partial charge in [-0.05, 0) is 86.3 Å². The Kier molecular flexibility index (Phi) is 7.76. The first-order valence-electron chi connectivity index (χ1n) is 16.3. The fourth-order valence-electron chi connectivity index (χ4n) is 8.27. The highest BCUT2D eigenvalue weighted by atomic mass is 16.6. The number of ketones is 2. The Hall–Kier alpha value is -3.95. The number of carboxylic acids is 1. The average Bonchev–Trinajstić information content (AvgIpc) is 3.13. The largest absolute Gasteiger partial charge is 0.506 e. The van der Waals surface area contributed by atoms with Gasteiger partial charge in [-0.3, -0.25) is 9.59 Å². The summed E-state index contributed by atoms with van der Waals surface area (Å²) in [5.74, 6) is -2.84. The Morgan fingerprint density at radius 2 is 1.72 bits per heavy atom. The predicted molar refractivity (Wildman–Crippen MR) is 176 cm³/mol. The third kappa shape index (κ3) is 4.76. The quantitative estimate of drug-likeness (QED) is 0.211. The van der Waals surface area contributed by atoms with E-state index in [2.05, 4.69) is 6.08 Å². The summed E-state index contributed by atoms with van der Waals surface area (Å²) in [5, 5.41) is 31.2. The van der Waals surface area contributed by atoms with Gasteiger partial charge in [-0.25, -0.2) is 4.79 Å². The zero-order chi connectivity index (χ0) is 34.3. The minimum absolute atomic E-state index is 0.0173. The summed E-state index contributed by atoms with van der Waals surface area (Å²) in [7, 11) is 0. The van der Waals surface area contributed by atoms with Crippen LogP contribution in [0.25, 0.3) is 6.08 Å². The van der Waals surface area contributed by atoms with Gasteiger partial charge in [0.25, 0.3) is 0 Å². The Labute approximate surface area is 275 Å². The summed E-state index contributed by atoms with van der Waals surface area (Å²) in [6.45, 7) is 13.0. The van der Waals surface area contributed by atoms with E-state index in [0.29, 0.717) is 36.1 Å². The highest BCUT2D eigenvalue weighted by Gasteiger charge is 2.81. The van der Waals surface area contributed by atoms with Crippen molar-refractivity contribution in [1.29, 1.82) is 0 Å². The van der Waals surface area contributed by atoms with Crippen LogP contribution < -0.4 is 9.47 Å². The lowest BCUT2D eigenvalue weighted by atomic mass is 9.51. The normalized spacial score (nSPS) is 30.8. The SMILES string of the molecule is CC(C)=CCC[C@]1(C)C=Cc2c(O)c3c(c(CC=C(C)C)c2O1)O[C@]12C(=C[C@@H]4C[C@H]1C(C)(C)O[C@@]2(C/C=C(/CO)C(=O)O)C4=O)C3=O. The smallest absolute Gasteiger partial charge is 0.333 e. The van der Waals surface area contributed by atoms with E-state index in [-0.39, 0.29) is 40.4 Å². The van der Waals surface area contributed by atoms with E-state index in [4.69, 9.17) is 14.2 Å². The number of carboxylic acid groups (broad SMARTS) is 1. The van der Waals surface area contributed by atoms with Gasteiger partial charge in [0.2, 0.25) is 0 Å². The molecule has 1 aromatic rings. The molecule has 1 saturated heterocycles. The maximum atomic E-state index is 14.7. The number of hydrogen-bond donors (Lipinski definition) is 3. The number of fused-ring (bicyclic) bond motifs is 2. The Bertz CT molecular complexity index is 1750. The zero-order valence-corrected chi connectivity index (χ0v) is 28.2. The second-order valence-corrected chi connectivity index (χ2v) is 14.8. The molecule has 0 radical (unpaired) electrons. The van der Waals surface area contributed by atoms with Gasteiger partial charge in [0, 0.05) is 29.4 Å². The molecule has 2 fully saturated rings. The fourth-order valence-corrected chi connectivity index (χ4v) is 8.27. The van der Waals surface area contributed by atoms with Gasteiger partial charge in [-0.2, -0.15) is 0 Å². The van der Waals surface area contributed by atoms with Crippen LogP contribution in [0.3, 0.4) is 0 Å². The molecule has 3 heterocycles. The van der Waals surface area contributed by atoms with Crippen LogP contribution in [0.2, 0.25) is 0 Å². The van der Waals surface area contributed by atoms with Crippen molar-refractivity contribution in [3.63, 3.8) is 0 Å². The third-order valence-electron chi connectivity index (χ3n) is 10.5. The molecule has 3 aliphatic carbocycles. The van der Waals surface area contributed by atoms with Crippen molar-refractivity contribution in [2.75, 3.05) is 6.61 Å². The number of rotatable bonds is 9. The standard InChI is InChI=1S/C38H44O9/c1-20(2)9-8-14-36(7)15-13-24-29(40)28-30(41)26-17-23-18-27-35(5,6)47-37(33(23)42,16-12-22(19-39)34(43)44)38(26,27)46-32(28)25(31(24)45-36)11-10-21(3)4/h9-10,12-13,15,17,23,27,39-40H,8,11,14,16,18-19H2,1-7H3,(H,43,44)/b22-12-/t23-,27+,36-,37+,38-/m1/s1. The molecule has 1 spiro atoms. The molecule has 6 aliphatic rings. The van der Waals surface area contributed by atoms with Crippen molar-refractivity contribution >= 4 is 23.6 Å². The average molecular weight is 645 g/mol. The number of Topliss-reactive ketones (excluding diaryl/α,β-unsaturated/α-hetero) is 2. The highest BCUT2D eigenvalue weighted by Crippen LogP contribution is 2.68. The molecular weight excluding hydrogens is 600 g/mol. The van der Waals surface area contributed by atoms with Crippen molar-refractivity contribution in [3.8, 4) is 17.2 Å². The Morgan fingerprint density at radius 1 is 1.02 bits per heavy atom. The second-order valence-electron chi connectivity index (χ2n) is 14.8. The summed E-state index contributed by atoms with van der Waals surface area (Å²) in [4.78, 5) is 40.9. The van der Waals surface area contributed by atoms with Gasteiger partial charge < -0.3 is 29.5 Å². The first-order valence-corrected chi connectivity index (χ1v) is 16.3. The van der Waals surface area contributed by atoms with Gasteiger partial charge in [-0.15, -0.1) is 0 Å². The maximum absolute atomic E-state index is 14.7. The number of aliphatic hydroxyl groups is 1. The number of aliphatic hydroxyl groups excluding tert-OH is 1. The van der Waals surface area contributed by atoms with Crippen LogP contribution in [0.5, 0.6) is 17.2 Å². The maximum Gasteiger partial charge on any atom is 0.333 e. The summed E-state index contributed by atoms with van der Waals surface area (Å²) < 4.78 is 20.5. The highest BCUT2D eigenvalue weighted by molar-refractivity contribution is 6.19. The fraction of sp³-hybridized carbons (Fsp3) is 0.500. The molecule has 7 rings (SSSR count). The topological polar surface area (TPSA) is 140 Å². The summed E-state index contributed by atoms with van der Waals surface area (Å²) >= 11 is 0. The molecule has 0 amide bonds. The van der Waals surface area contributed by atoms with E-state index in [1.165, 1.54) is 11.6 Å². The molecule has 47 heavy (non-hydrogen) atoms. The number of carbonyl (C=O) groups excluding carboxylic acids is 2. The number of benzene rings is 1. The molecule has 4 bridgehead atoms. The first-order chi connectivity index (χ1) is 22.0. The van der Waals surface area contributed by atoms with Crippen molar-refractivity contribution in [1.82, 2.24) is 0 Å². The van der Waals surface area contributed by atoms with Crippen molar-refractivity contribution in [2.24, 2.45) is 11.8 Å². The molecule has 5 atom stereocenters. The number of phenolic OH excluding ortho intramolecular Hbond substituents is 1. The summed E-state index contributed by atoms with van der Waals surface area (Å²) in [6, 6.07) is 0. The molecule has 0 aromatic heterocycles. The molecule has 3 N–H and O–H groups in total. The van der Waals surface area contributed by atoms with E-state index in [1.54, 1.807) is 6.08 Å².